The minimum atomic E-state index is -0.812. The lowest BCUT2D eigenvalue weighted by molar-refractivity contribution is -0.138. The smallest absolute Gasteiger partial charge is 0.317 e. The van der Waals surface area contributed by atoms with Gasteiger partial charge in [0.15, 0.2) is 0 Å². The summed E-state index contributed by atoms with van der Waals surface area (Å²) in [5, 5.41) is 11.4. The molecule has 19 heavy (non-hydrogen) atoms. The van der Waals surface area contributed by atoms with Crippen LogP contribution in [0.5, 0.6) is 0 Å². The van der Waals surface area contributed by atoms with Gasteiger partial charge >= 0.3 is 5.97 Å². The van der Waals surface area contributed by atoms with E-state index in [1.54, 1.807) is 0 Å². The number of carboxylic acid groups (broad SMARTS) is 1. The fourth-order valence-electron chi connectivity index (χ4n) is 2.18. The topological polar surface area (TPSA) is 72.9 Å². The number of hydrogen-bond acceptors (Lipinski definition) is 4. The monoisotopic (exact) mass is 267 g/mol. The largest absolute Gasteiger partial charge is 0.480 e. The highest BCUT2D eigenvalue weighted by Crippen LogP contribution is 2.07. The molecule has 106 valence electrons. The first kappa shape index (κ1) is 15.5. The van der Waals surface area contributed by atoms with Gasteiger partial charge in [-0.1, -0.05) is 5.92 Å². The number of nitrogens with one attached hydrogen (secondary N) is 1. The Morgan fingerprint density at radius 3 is 2.74 bits per heavy atom. The number of terminal acetylenes is 1. The zero-order valence-electron chi connectivity index (χ0n) is 11.3. The molecule has 1 unspecified atom stereocenters. The quantitative estimate of drug-likeness (QED) is 0.639. The van der Waals surface area contributed by atoms with Gasteiger partial charge in [-0.05, 0) is 13.3 Å². The van der Waals surface area contributed by atoms with E-state index in [0.29, 0.717) is 13.1 Å². The van der Waals surface area contributed by atoms with Gasteiger partial charge in [-0.15, -0.1) is 6.42 Å². The molecule has 1 amide bonds. The van der Waals surface area contributed by atoms with Crippen molar-refractivity contribution in [3.05, 3.63) is 0 Å². The maximum absolute atomic E-state index is 11.8. The first-order valence-corrected chi connectivity index (χ1v) is 6.44. The van der Waals surface area contributed by atoms with Crippen LogP contribution in [-0.2, 0) is 9.59 Å². The zero-order valence-corrected chi connectivity index (χ0v) is 11.3. The Balaban J connectivity index is 2.45. The molecule has 0 aliphatic carbocycles. The van der Waals surface area contributed by atoms with Gasteiger partial charge in [0.25, 0.3) is 0 Å². The molecule has 0 radical (unpaired) electrons. The van der Waals surface area contributed by atoms with Gasteiger partial charge in [-0.25, -0.2) is 0 Å². The van der Waals surface area contributed by atoms with Crippen LogP contribution in [0.1, 0.15) is 13.3 Å². The van der Waals surface area contributed by atoms with Gasteiger partial charge in [-0.2, -0.15) is 0 Å². The van der Waals surface area contributed by atoms with Gasteiger partial charge in [0, 0.05) is 26.2 Å². The normalized spacial score (nSPS) is 19.2. The number of aliphatic carboxylic acids is 1. The molecule has 0 spiro atoms. The molecule has 0 aromatic heterocycles. The standard InChI is InChI=1S/C13H21N3O3/c1-3-5-14-13(19)11(2)16-7-4-6-15(8-9-16)10-12(17)18/h1,11H,4-10H2,2H3,(H,14,19)(H,17,18). The van der Waals surface area contributed by atoms with Crippen molar-refractivity contribution in [3.8, 4) is 12.3 Å². The Labute approximate surface area is 113 Å². The van der Waals surface area contributed by atoms with Crippen molar-refractivity contribution in [2.75, 3.05) is 39.3 Å². The lowest BCUT2D eigenvalue weighted by Crippen LogP contribution is -2.46. The van der Waals surface area contributed by atoms with Crippen LogP contribution in [-0.4, -0.2) is 72.1 Å². The summed E-state index contributed by atoms with van der Waals surface area (Å²) in [5.74, 6) is 1.48. The maximum atomic E-state index is 11.8. The third-order valence-electron chi connectivity index (χ3n) is 3.27. The van der Waals surface area contributed by atoms with E-state index in [2.05, 4.69) is 16.1 Å². The van der Waals surface area contributed by atoms with E-state index in [0.717, 1.165) is 19.5 Å². The Hall–Kier alpha value is -1.58. The van der Waals surface area contributed by atoms with Crippen molar-refractivity contribution in [1.82, 2.24) is 15.1 Å². The molecule has 6 heteroatoms. The zero-order chi connectivity index (χ0) is 14.3. The highest BCUT2D eigenvalue weighted by Gasteiger charge is 2.24. The van der Waals surface area contributed by atoms with E-state index < -0.39 is 5.97 Å². The van der Waals surface area contributed by atoms with Crippen LogP contribution < -0.4 is 5.32 Å². The fourth-order valence-corrected chi connectivity index (χ4v) is 2.18. The average Bonchev–Trinajstić information content (AvgIpc) is 2.60. The number of hydrogen-bond donors (Lipinski definition) is 2. The molecule has 0 bridgehead atoms. The van der Waals surface area contributed by atoms with E-state index in [-0.39, 0.29) is 25.0 Å². The van der Waals surface area contributed by atoms with Crippen molar-refractivity contribution in [2.45, 2.75) is 19.4 Å². The first-order chi connectivity index (χ1) is 9.04. The predicted molar refractivity (Wildman–Crippen MR) is 71.6 cm³/mol. The molecule has 0 aromatic carbocycles. The summed E-state index contributed by atoms with van der Waals surface area (Å²) in [4.78, 5) is 26.5. The molecule has 0 saturated carbocycles. The van der Waals surface area contributed by atoms with E-state index in [1.807, 2.05) is 11.8 Å². The third kappa shape index (κ3) is 5.28. The molecule has 1 atom stereocenters. The number of carboxylic acids is 1. The molecule has 1 aliphatic heterocycles. The predicted octanol–water partition coefficient (Wildman–Crippen LogP) is -0.783. The minimum absolute atomic E-state index is 0.0610. The van der Waals surface area contributed by atoms with Crippen LogP contribution in [0.2, 0.25) is 0 Å². The average molecular weight is 267 g/mol. The third-order valence-corrected chi connectivity index (χ3v) is 3.27. The molecule has 1 aliphatic rings. The van der Waals surface area contributed by atoms with Crippen molar-refractivity contribution in [1.29, 1.82) is 0 Å². The summed E-state index contributed by atoms with van der Waals surface area (Å²) in [5.41, 5.74) is 0. The Kier molecular flexibility index (Phi) is 6.33. The summed E-state index contributed by atoms with van der Waals surface area (Å²) in [6.45, 7) is 5.05. The molecule has 1 fully saturated rings. The van der Waals surface area contributed by atoms with E-state index >= 15 is 0 Å². The summed E-state index contributed by atoms with van der Waals surface area (Å²) >= 11 is 0. The second kappa shape index (κ2) is 7.77. The van der Waals surface area contributed by atoms with Crippen LogP contribution in [0, 0.1) is 12.3 Å². The van der Waals surface area contributed by atoms with E-state index in [4.69, 9.17) is 11.5 Å². The summed E-state index contributed by atoms with van der Waals surface area (Å²) in [6.07, 6.45) is 5.97. The molecule has 2 N–H and O–H groups in total. The Bertz CT molecular complexity index is 365. The van der Waals surface area contributed by atoms with E-state index in [1.165, 1.54) is 0 Å². The number of carbonyl (C=O) groups excluding carboxylic acids is 1. The molecule has 6 nitrogen and oxygen atoms in total. The molecular weight excluding hydrogens is 246 g/mol. The number of rotatable bonds is 5. The minimum Gasteiger partial charge on any atom is -0.480 e. The van der Waals surface area contributed by atoms with Gasteiger partial charge in [0.1, 0.15) is 0 Å². The van der Waals surface area contributed by atoms with Gasteiger partial charge in [0.05, 0.1) is 19.1 Å². The molecule has 0 aromatic rings. The Morgan fingerprint density at radius 1 is 1.37 bits per heavy atom. The molecule has 1 rings (SSSR count). The SMILES string of the molecule is C#CCNC(=O)C(C)N1CCCN(CC(=O)O)CC1. The first-order valence-electron chi connectivity index (χ1n) is 6.44. The maximum Gasteiger partial charge on any atom is 0.317 e. The lowest BCUT2D eigenvalue weighted by Gasteiger charge is -2.26. The van der Waals surface area contributed by atoms with Gasteiger partial charge in [-0.3, -0.25) is 19.4 Å². The van der Waals surface area contributed by atoms with Gasteiger partial charge in [0.2, 0.25) is 5.91 Å². The fraction of sp³-hybridized carbons (Fsp3) is 0.692. The number of nitrogens with zero attached hydrogens (tertiary/aromatic N) is 2. The van der Waals surface area contributed by atoms with Crippen molar-refractivity contribution >= 4 is 11.9 Å². The summed E-state index contributed by atoms with van der Waals surface area (Å²) < 4.78 is 0. The van der Waals surface area contributed by atoms with Crippen LogP contribution in [0.25, 0.3) is 0 Å². The number of carbonyl (C=O) groups is 2. The summed E-state index contributed by atoms with van der Waals surface area (Å²) in [7, 11) is 0. The summed E-state index contributed by atoms with van der Waals surface area (Å²) in [6, 6.07) is -0.238. The van der Waals surface area contributed by atoms with Crippen molar-refractivity contribution < 1.29 is 14.7 Å². The van der Waals surface area contributed by atoms with Crippen LogP contribution in [0.3, 0.4) is 0 Å². The van der Waals surface area contributed by atoms with Crippen LogP contribution in [0.4, 0.5) is 0 Å². The molecular formula is C13H21N3O3. The lowest BCUT2D eigenvalue weighted by atomic mass is 10.2. The van der Waals surface area contributed by atoms with Crippen molar-refractivity contribution in [2.24, 2.45) is 0 Å². The highest BCUT2D eigenvalue weighted by atomic mass is 16.4. The molecule has 1 saturated heterocycles. The van der Waals surface area contributed by atoms with Gasteiger partial charge < -0.3 is 10.4 Å². The number of amides is 1. The highest BCUT2D eigenvalue weighted by molar-refractivity contribution is 5.81. The molecule has 1 heterocycles. The van der Waals surface area contributed by atoms with Crippen molar-refractivity contribution in [3.63, 3.8) is 0 Å². The second-order valence-corrected chi connectivity index (χ2v) is 4.66. The van der Waals surface area contributed by atoms with Crippen LogP contribution >= 0.6 is 0 Å². The second-order valence-electron chi connectivity index (χ2n) is 4.66. The van der Waals surface area contributed by atoms with E-state index in [9.17, 15) is 9.59 Å². The van der Waals surface area contributed by atoms with Crippen LogP contribution in [0.15, 0.2) is 0 Å². The Morgan fingerprint density at radius 2 is 2.11 bits per heavy atom.